The van der Waals surface area contributed by atoms with Crippen molar-refractivity contribution < 1.29 is 13.7 Å². The van der Waals surface area contributed by atoms with Gasteiger partial charge in [0.05, 0.1) is 12.2 Å². The Hall–Kier alpha value is -1.91. The first-order chi connectivity index (χ1) is 8.25. The first kappa shape index (κ1) is 10.3. The maximum Gasteiger partial charge on any atom is 0.238 e. The number of rotatable bonds is 2. The molecule has 5 nitrogen and oxygen atoms in total. The number of furan rings is 1. The summed E-state index contributed by atoms with van der Waals surface area (Å²) in [7, 11) is 0. The van der Waals surface area contributed by atoms with E-state index in [-0.39, 0.29) is 11.7 Å². The number of hydrogen-bond acceptors (Lipinski definition) is 5. The fourth-order valence-corrected chi connectivity index (χ4v) is 2.15. The molecule has 0 radical (unpaired) electrons. The van der Waals surface area contributed by atoms with E-state index >= 15 is 0 Å². The summed E-state index contributed by atoms with van der Waals surface area (Å²) in [6.07, 6.45) is 3.90. The van der Waals surface area contributed by atoms with Crippen LogP contribution in [-0.2, 0) is 4.79 Å². The van der Waals surface area contributed by atoms with Gasteiger partial charge < -0.3 is 8.94 Å². The molecule has 5 heteroatoms. The van der Waals surface area contributed by atoms with Gasteiger partial charge in [-0.25, -0.2) is 0 Å². The van der Waals surface area contributed by atoms with Crippen LogP contribution in [0.5, 0.6) is 0 Å². The average molecular weight is 232 g/mol. The molecule has 0 aromatic carbocycles. The van der Waals surface area contributed by atoms with Crippen LogP contribution in [0.1, 0.15) is 36.6 Å². The zero-order valence-corrected chi connectivity index (χ0v) is 9.47. The smallest absolute Gasteiger partial charge is 0.238 e. The number of Topliss-reactive ketones (excluding diaryl/α,β-unsaturated/α-hetero) is 1. The maximum absolute atomic E-state index is 11.6. The highest BCUT2D eigenvalue weighted by atomic mass is 16.5. The largest absolute Gasteiger partial charge is 0.461 e. The van der Waals surface area contributed by atoms with Gasteiger partial charge >= 0.3 is 0 Å². The predicted octanol–water partition coefficient (Wildman–Crippen LogP) is 2.47. The Labute approximate surface area is 97.8 Å². The summed E-state index contributed by atoms with van der Waals surface area (Å²) in [5, 5.41) is 3.87. The molecule has 0 amide bonds. The van der Waals surface area contributed by atoms with E-state index in [4.69, 9.17) is 8.94 Å². The third-order valence-corrected chi connectivity index (χ3v) is 3.11. The molecule has 1 unspecified atom stereocenters. The molecule has 1 aliphatic rings. The molecule has 2 aromatic heterocycles. The molecule has 3 rings (SSSR count). The van der Waals surface area contributed by atoms with Crippen LogP contribution >= 0.6 is 0 Å². The van der Waals surface area contributed by atoms with E-state index in [1.54, 1.807) is 6.26 Å². The van der Waals surface area contributed by atoms with Crippen molar-refractivity contribution >= 4 is 5.78 Å². The van der Waals surface area contributed by atoms with Crippen molar-refractivity contribution in [2.45, 2.75) is 32.1 Å². The van der Waals surface area contributed by atoms with Crippen LogP contribution in [0.25, 0.3) is 11.6 Å². The molecule has 0 N–H and O–H groups in total. The van der Waals surface area contributed by atoms with Gasteiger partial charge in [-0.15, -0.1) is 0 Å². The number of carbonyl (C=O) groups is 1. The molecule has 2 aromatic rings. The van der Waals surface area contributed by atoms with Gasteiger partial charge in [0.2, 0.25) is 11.7 Å². The molecule has 17 heavy (non-hydrogen) atoms. The minimum absolute atomic E-state index is 0.191. The monoisotopic (exact) mass is 232 g/mol. The van der Waals surface area contributed by atoms with E-state index in [0.29, 0.717) is 23.9 Å². The Morgan fingerprint density at radius 1 is 1.47 bits per heavy atom. The lowest BCUT2D eigenvalue weighted by Gasteiger charge is -1.98. The Bertz CT molecular complexity index is 556. The van der Waals surface area contributed by atoms with Crippen LogP contribution in [0.15, 0.2) is 21.3 Å². The van der Waals surface area contributed by atoms with Crippen LogP contribution in [0.2, 0.25) is 0 Å². The van der Waals surface area contributed by atoms with Crippen molar-refractivity contribution in [1.82, 2.24) is 10.1 Å². The number of aromatic nitrogens is 2. The second-order valence-corrected chi connectivity index (χ2v) is 4.30. The summed E-state index contributed by atoms with van der Waals surface area (Å²) in [5.74, 6) is 1.41. The summed E-state index contributed by atoms with van der Waals surface area (Å²) < 4.78 is 10.4. The third-order valence-electron chi connectivity index (χ3n) is 3.11. The molecule has 1 fully saturated rings. The van der Waals surface area contributed by atoms with Crippen molar-refractivity contribution in [2.24, 2.45) is 0 Å². The standard InChI is InChI=1S/C12H12N2O3/c1-7-5-6-16-10(7)11-13-12(17-14-11)8-3-2-4-9(8)15/h5-6,8H,2-4H2,1H3. The minimum Gasteiger partial charge on any atom is -0.461 e. The zero-order chi connectivity index (χ0) is 11.8. The number of aryl methyl sites for hydroxylation is 1. The fourth-order valence-electron chi connectivity index (χ4n) is 2.15. The van der Waals surface area contributed by atoms with Crippen LogP contribution < -0.4 is 0 Å². The number of ketones is 1. The molecule has 1 atom stereocenters. The van der Waals surface area contributed by atoms with Crippen molar-refractivity contribution in [3.8, 4) is 11.6 Å². The summed E-state index contributed by atoms with van der Waals surface area (Å²) in [4.78, 5) is 15.8. The van der Waals surface area contributed by atoms with E-state index < -0.39 is 0 Å². The fraction of sp³-hybridized carbons (Fsp3) is 0.417. The molecular formula is C12H12N2O3. The van der Waals surface area contributed by atoms with Gasteiger partial charge in [0.1, 0.15) is 5.78 Å². The van der Waals surface area contributed by atoms with Crippen molar-refractivity contribution in [3.63, 3.8) is 0 Å². The summed E-state index contributed by atoms with van der Waals surface area (Å²) in [5.41, 5.74) is 0.954. The van der Waals surface area contributed by atoms with Crippen LogP contribution in [-0.4, -0.2) is 15.9 Å². The Kier molecular flexibility index (Phi) is 2.31. The molecule has 0 saturated heterocycles. The van der Waals surface area contributed by atoms with Crippen molar-refractivity contribution in [1.29, 1.82) is 0 Å². The van der Waals surface area contributed by atoms with Crippen LogP contribution in [0.3, 0.4) is 0 Å². The molecule has 88 valence electrons. The first-order valence-corrected chi connectivity index (χ1v) is 5.66. The lowest BCUT2D eigenvalue weighted by atomic mass is 10.1. The van der Waals surface area contributed by atoms with Gasteiger partial charge in [0, 0.05) is 6.42 Å². The van der Waals surface area contributed by atoms with Gasteiger partial charge in [-0.2, -0.15) is 4.98 Å². The molecule has 1 aliphatic carbocycles. The minimum atomic E-state index is -0.216. The zero-order valence-electron chi connectivity index (χ0n) is 9.47. The summed E-state index contributed by atoms with van der Waals surface area (Å²) in [6, 6.07) is 1.84. The highest BCUT2D eigenvalue weighted by molar-refractivity contribution is 5.86. The van der Waals surface area contributed by atoms with Gasteiger partial charge in [-0.05, 0) is 31.4 Å². The Morgan fingerprint density at radius 3 is 3.00 bits per heavy atom. The highest BCUT2D eigenvalue weighted by Gasteiger charge is 2.31. The van der Waals surface area contributed by atoms with Gasteiger partial charge in [0.25, 0.3) is 0 Å². The van der Waals surface area contributed by atoms with E-state index in [2.05, 4.69) is 10.1 Å². The number of hydrogen-bond donors (Lipinski definition) is 0. The number of nitrogens with zero attached hydrogens (tertiary/aromatic N) is 2. The molecule has 0 bridgehead atoms. The molecule has 0 aliphatic heterocycles. The number of carbonyl (C=O) groups excluding carboxylic acids is 1. The van der Waals surface area contributed by atoms with Crippen LogP contribution in [0, 0.1) is 6.92 Å². The van der Waals surface area contributed by atoms with Gasteiger partial charge in [-0.1, -0.05) is 5.16 Å². The topological polar surface area (TPSA) is 69.1 Å². The second kappa shape index (κ2) is 3.84. The lowest BCUT2D eigenvalue weighted by Crippen LogP contribution is -2.04. The first-order valence-electron chi connectivity index (χ1n) is 5.66. The second-order valence-electron chi connectivity index (χ2n) is 4.30. The maximum atomic E-state index is 11.6. The lowest BCUT2D eigenvalue weighted by molar-refractivity contribution is -0.119. The van der Waals surface area contributed by atoms with E-state index in [1.807, 2.05) is 13.0 Å². The van der Waals surface area contributed by atoms with Crippen LogP contribution in [0.4, 0.5) is 0 Å². The normalized spacial score (nSPS) is 20.1. The molecule has 1 saturated carbocycles. The highest BCUT2D eigenvalue weighted by Crippen LogP contribution is 2.31. The van der Waals surface area contributed by atoms with Gasteiger partial charge in [0.15, 0.2) is 5.76 Å². The SMILES string of the molecule is Cc1ccoc1-c1noc(C2CCCC2=O)n1. The van der Waals surface area contributed by atoms with E-state index in [9.17, 15) is 4.79 Å². The van der Waals surface area contributed by atoms with E-state index in [1.165, 1.54) is 0 Å². The van der Waals surface area contributed by atoms with Crippen molar-refractivity contribution in [3.05, 3.63) is 23.8 Å². The van der Waals surface area contributed by atoms with E-state index in [0.717, 1.165) is 18.4 Å². The van der Waals surface area contributed by atoms with Gasteiger partial charge in [-0.3, -0.25) is 4.79 Å². The summed E-state index contributed by atoms with van der Waals surface area (Å²) >= 11 is 0. The quantitative estimate of drug-likeness (QED) is 0.795. The predicted molar refractivity (Wildman–Crippen MR) is 58.3 cm³/mol. The average Bonchev–Trinajstić information content (AvgIpc) is 2.97. The van der Waals surface area contributed by atoms with Crippen molar-refractivity contribution in [2.75, 3.05) is 0 Å². The molecule has 2 heterocycles. The molecule has 0 spiro atoms. The Balaban J connectivity index is 1.93. The third kappa shape index (κ3) is 1.67. The Morgan fingerprint density at radius 2 is 2.35 bits per heavy atom. The summed E-state index contributed by atoms with van der Waals surface area (Å²) in [6.45, 7) is 1.91. The molecular weight excluding hydrogens is 220 g/mol.